The first-order valence-corrected chi connectivity index (χ1v) is 17.8. The maximum atomic E-state index is 13.6. The molecule has 1 unspecified atom stereocenters. The Labute approximate surface area is 241 Å². The Balaban J connectivity index is 1.36. The van der Waals surface area contributed by atoms with Crippen molar-refractivity contribution in [1.82, 2.24) is 0 Å². The number of benzene rings is 3. The molecule has 0 heterocycles. The summed E-state index contributed by atoms with van der Waals surface area (Å²) in [6.45, 7) is 6.71. The van der Waals surface area contributed by atoms with Crippen molar-refractivity contribution in [1.29, 1.82) is 0 Å². The minimum absolute atomic E-state index is 0.134. The number of ketones is 1. The van der Waals surface area contributed by atoms with Crippen LogP contribution in [0.1, 0.15) is 55.7 Å². The van der Waals surface area contributed by atoms with Crippen LogP contribution in [-0.2, 0) is 22.9 Å². The fourth-order valence-electron chi connectivity index (χ4n) is 8.33. The second-order valence-corrected chi connectivity index (χ2v) is 17.3. The van der Waals surface area contributed by atoms with Gasteiger partial charge in [0, 0.05) is 5.41 Å². The average molecular weight is 543 g/mol. The molecular formula is C38H42OSi. The van der Waals surface area contributed by atoms with Gasteiger partial charge in [-0.2, -0.15) is 0 Å². The van der Waals surface area contributed by atoms with Crippen LogP contribution in [0, 0.1) is 22.7 Å². The highest BCUT2D eigenvalue weighted by molar-refractivity contribution is 6.83. The number of fused-ring (bicyclic) bond motifs is 2. The molecule has 7 rings (SSSR count). The van der Waals surface area contributed by atoms with Crippen molar-refractivity contribution < 1.29 is 4.79 Å². The zero-order chi connectivity index (χ0) is 27.6. The molecular weight excluding hydrogens is 501 g/mol. The Bertz CT molecular complexity index is 1300. The molecule has 204 valence electrons. The van der Waals surface area contributed by atoms with E-state index in [1.807, 2.05) is 6.08 Å². The summed E-state index contributed by atoms with van der Waals surface area (Å²) < 4.78 is 0. The maximum absolute atomic E-state index is 13.6. The molecule has 40 heavy (non-hydrogen) atoms. The molecule has 0 saturated heterocycles. The number of hydrogen-bond donors (Lipinski definition) is 0. The summed E-state index contributed by atoms with van der Waals surface area (Å²) in [4.78, 5) is 13.6. The quantitative estimate of drug-likeness (QED) is 0.195. The number of hydrogen-bond acceptors (Lipinski definition) is 1. The lowest BCUT2D eigenvalue weighted by Gasteiger charge is -2.59. The predicted octanol–water partition coefficient (Wildman–Crippen LogP) is 8.77. The summed E-state index contributed by atoms with van der Waals surface area (Å²) >= 11 is 0. The molecule has 1 nitrogen and oxygen atoms in total. The van der Waals surface area contributed by atoms with Gasteiger partial charge in [0.25, 0.3) is 0 Å². The topological polar surface area (TPSA) is 17.1 Å². The van der Waals surface area contributed by atoms with E-state index in [0.29, 0.717) is 17.6 Å². The van der Waals surface area contributed by atoms with Gasteiger partial charge in [0.1, 0.15) is 0 Å². The van der Waals surface area contributed by atoms with Crippen LogP contribution >= 0.6 is 0 Å². The Kier molecular flexibility index (Phi) is 7.40. The Morgan fingerprint density at radius 2 is 1.38 bits per heavy atom. The van der Waals surface area contributed by atoms with Crippen molar-refractivity contribution in [3.63, 3.8) is 0 Å². The third-order valence-electron chi connectivity index (χ3n) is 10.4. The molecule has 4 atom stereocenters. The van der Waals surface area contributed by atoms with Gasteiger partial charge in [0.15, 0.2) is 5.78 Å². The number of allylic oxidation sites excluding steroid dienone is 4. The van der Waals surface area contributed by atoms with Crippen LogP contribution in [0.5, 0.6) is 0 Å². The second-order valence-electron chi connectivity index (χ2n) is 13.2. The Morgan fingerprint density at radius 1 is 0.850 bits per heavy atom. The predicted molar refractivity (Wildman–Crippen MR) is 169 cm³/mol. The summed E-state index contributed by atoms with van der Waals surface area (Å²) in [5, 5.41) is 0. The normalized spacial score (nSPS) is 27.7. The number of carbonyl (C=O) groups is 1. The van der Waals surface area contributed by atoms with Crippen molar-refractivity contribution in [2.24, 2.45) is 22.7 Å². The van der Waals surface area contributed by atoms with E-state index in [9.17, 15) is 4.79 Å². The molecule has 2 heteroatoms. The van der Waals surface area contributed by atoms with Crippen LogP contribution < -0.4 is 0 Å². The molecule has 2 bridgehead atoms. The van der Waals surface area contributed by atoms with Crippen molar-refractivity contribution in [2.75, 3.05) is 0 Å². The first-order valence-electron chi connectivity index (χ1n) is 15.1. The molecule has 0 amide bonds. The smallest absolute Gasteiger partial charge is 0.161 e. The SMILES string of the molecule is C=C1C[C@@]23C=CC(=O)[C@@](C)(C/C=C/[Si](Cc4ccccc4)(Cc4ccccc4)Cc4ccccc4)C2C[C@@H]1CC3. The van der Waals surface area contributed by atoms with Gasteiger partial charge in [-0.1, -0.05) is 145 Å². The molecule has 4 aliphatic carbocycles. The third kappa shape index (κ3) is 5.27. The summed E-state index contributed by atoms with van der Waals surface area (Å²) in [5.74, 6) is 1.34. The van der Waals surface area contributed by atoms with E-state index in [4.69, 9.17) is 0 Å². The summed E-state index contributed by atoms with van der Waals surface area (Å²) in [7, 11) is -2.05. The minimum atomic E-state index is -2.05. The molecule has 4 aliphatic rings. The molecule has 0 radical (unpaired) electrons. The fourth-order valence-corrected chi connectivity index (χ4v) is 12.8. The minimum Gasteiger partial charge on any atom is -0.294 e. The standard InChI is InChI=1S/C38H42OSi/c1-30-26-38-22-19-34(30)25-35(38)37(2,36(39)20-23-38)21-12-24-40(27-31-13-6-3-7-14-31,28-32-15-8-4-9-16-32)29-33-17-10-5-11-18-33/h3-18,20,23-24,34-35H,1,19,21-22,25-29H2,2H3/b24-12+/t34-,35?,37-,38+/m0/s1. The largest absolute Gasteiger partial charge is 0.294 e. The van der Waals surface area contributed by atoms with E-state index < -0.39 is 8.07 Å². The van der Waals surface area contributed by atoms with Crippen molar-refractivity contribution >= 4 is 13.9 Å². The van der Waals surface area contributed by atoms with Crippen LogP contribution in [0.25, 0.3) is 0 Å². The monoisotopic (exact) mass is 542 g/mol. The van der Waals surface area contributed by atoms with E-state index in [1.54, 1.807) is 0 Å². The van der Waals surface area contributed by atoms with Gasteiger partial charge in [-0.3, -0.25) is 4.79 Å². The zero-order valence-electron chi connectivity index (χ0n) is 23.9. The lowest BCUT2D eigenvalue weighted by atomic mass is 9.44. The van der Waals surface area contributed by atoms with Crippen molar-refractivity contribution in [2.45, 2.75) is 57.2 Å². The summed E-state index contributed by atoms with van der Waals surface area (Å²) in [6.07, 6.45) is 12.1. The van der Waals surface area contributed by atoms with Gasteiger partial charge >= 0.3 is 0 Å². The highest BCUT2D eigenvalue weighted by atomic mass is 28.3. The number of carbonyl (C=O) groups excluding carboxylic acids is 1. The summed E-state index contributed by atoms with van der Waals surface area (Å²) in [6, 6.07) is 36.4. The van der Waals surface area contributed by atoms with Gasteiger partial charge in [-0.15, -0.1) is 0 Å². The van der Waals surface area contributed by atoms with Gasteiger partial charge in [-0.05, 0) is 73.6 Å². The molecule has 3 aromatic rings. The van der Waals surface area contributed by atoms with E-state index in [1.165, 1.54) is 35.1 Å². The van der Waals surface area contributed by atoms with Gasteiger partial charge < -0.3 is 0 Å². The summed E-state index contributed by atoms with van der Waals surface area (Å²) in [5.41, 5.74) is 8.08. The lowest BCUT2D eigenvalue weighted by Crippen LogP contribution is -2.53. The molecule has 0 N–H and O–H groups in total. The molecule has 3 aromatic carbocycles. The van der Waals surface area contributed by atoms with Gasteiger partial charge in [0.2, 0.25) is 0 Å². The average Bonchev–Trinajstić information content (AvgIpc) is 2.97. The van der Waals surface area contributed by atoms with Gasteiger partial charge in [-0.25, -0.2) is 0 Å². The Hall–Kier alpha value is -3.23. The molecule has 0 aliphatic heterocycles. The van der Waals surface area contributed by atoms with Crippen molar-refractivity contribution in [3.8, 4) is 0 Å². The number of rotatable bonds is 9. The zero-order valence-corrected chi connectivity index (χ0v) is 24.9. The van der Waals surface area contributed by atoms with Crippen LogP contribution in [0.3, 0.4) is 0 Å². The van der Waals surface area contributed by atoms with E-state index in [0.717, 1.165) is 37.4 Å². The highest BCUT2D eigenvalue weighted by Gasteiger charge is 2.57. The van der Waals surface area contributed by atoms with E-state index in [-0.39, 0.29) is 10.8 Å². The van der Waals surface area contributed by atoms with E-state index in [2.05, 4.69) is 122 Å². The van der Waals surface area contributed by atoms with Crippen LogP contribution in [0.2, 0.25) is 0 Å². The molecule has 3 saturated carbocycles. The van der Waals surface area contributed by atoms with Crippen LogP contribution in [0.15, 0.2) is 127 Å². The third-order valence-corrected chi connectivity index (χ3v) is 14.7. The first-order chi connectivity index (χ1) is 19.4. The fraction of sp³-hybridized carbons (Fsp3) is 0.342. The maximum Gasteiger partial charge on any atom is 0.161 e. The molecule has 0 aromatic heterocycles. The molecule has 3 fully saturated rings. The lowest BCUT2D eigenvalue weighted by molar-refractivity contribution is -0.134. The van der Waals surface area contributed by atoms with Gasteiger partial charge in [0.05, 0.1) is 8.07 Å². The highest BCUT2D eigenvalue weighted by Crippen LogP contribution is 2.64. The van der Waals surface area contributed by atoms with E-state index >= 15 is 0 Å². The molecule has 1 spiro atoms. The van der Waals surface area contributed by atoms with Crippen molar-refractivity contribution in [3.05, 3.63) is 144 Å². The second kappa shape index (κ2) is 11.0. The first kappa shape index (κ1) is 27.0. The Morgan fingerprint density at radius 3 is 1.88 bits per heavy atom. The van der Waals surface area contributed by atoms with Crippen LogP contribution in [0.4, 0.5) is 0 Å². The van der Waals surface area contributed by atoms with Crippen LogP contribution in [-0.4, -0.2) is 13.9 Å².